The van der Waals surface area contributed by atoms with E-state index in [0.29, 0.717) is 24.7 Å². The third kappa shape index (κ3) is 3.67. The van der Waals surface area contributed by atoms with Gasteiger partial charge in [0, 0.05) is 6.61 Å². The van der Waals surface area contributed by atoms with Gasteiger partial charge in [0.25, 0.3) is 0 Å². The number of phenols is 1. The Morgan fingerprint density at radius 2 is 1.76 bits per heavy atom. The summed E-state index contributed by atoms with van der Waals surface area (Å²) in [6.45, 7) is 3.19. The van der Waals surface area contributed by atoms with Crippen LogP contribution in [-0.2, 0) is 4.74 Å². The van der Waals surface area contributed by atoms with Gasteiger partial charge in [0.2, 0.25) is 5.75 Å². The van der Waals surface area contributed by atoms with Crippen LogP contribution in [0.5, 0.6) is 17.2 Å². The number of phenolic OH excluding ortho intramolecular Hbond substituents is 1. The summed E-state index contributed by atoms with van der Waals surface area (Å²) >= 11 is 0. The molecule has 0 amide bonds. The summed E-state index contributed by atoms with van der Waals surface area (Å²) in [6.07, 6.45) is 3.79. The van der Waals surface area contributed by atoms with Crippen molar-refractivity contribution in [1.29, 1.82) is 0 Å². The fraction of sp³-hybridized carbons (Fsp3) is 0.385. The Kier molecular flexibility index (Phi) is 5.36. The van der Waals surface area contributed by atoms with Crippen LogP contribution >= 0.6 is 0 Å². The highest BCUT2D eigenvalue weighted by molar-refractivity contribution is 5.61. The fourth-order valence-electron chi connectivity index (χ4n) is 1.38. The van der Waals surface area contributed by atoms with Crippen LogP contribution in [-0.4, -0.2) is 32.5 Å². The predicted molar refractivity (Wildman–Crippen MR) is 66.7 cm³/mol. The lowest BCUT2D eigenvalue weighted by Gasteiger charge is -2.09. The van der Waals surface area contributed by atoms with Crippen molar-refractivity contribution in [3.05, 3.63) is 23.8 Å². The van der Waals surface area contributed by atoms with Crippen molar-refractivity contribution in [2.75, 3.05) is 27.4 Å². The summed E-state index contributed by atoms with van der Waals surface area (Å²) in [5.74, 6) is 0.790. The maximum Gasteiger partial charge on any atom is 0.200 e. The molecule has 0 aliphatic rings. The van der Waals surface area contributed by atoms with E-state index in [1.54, 1.807) is 12.1 Å². The zero-order valence-electron chi connectivity index (χ0n) is 10.4. The van der Waals surface area contributed by atoms with E-state index in [0.717, 1.165) is 5.56 Å². The number of aromatic hydroxyl groups is 1. The highest BCUT2D eigenvalue weighted by Gasteiger charge is 2.09. The van der Waals surface area contributed by atoms with Crippen LogP contribution in [0, 0.1) is 0 Å². The quantitative estimate of drug-likeness (QED) is 0.773. The zero-order chi connectivity index (χ0) is 12.7. The first-order valence-corrected chi connectivity index (χ1v) is 5.42. The number of hydrogen-bond acceptors (Lipinski definition) is 4. The van der Waals surface area contributed by atoms with Crippen molar-refractivity contribution >= 4 is 6.08 Å². The van der Waals surface area contributed by atoms with Crippen LogP contribution in [0.2, 0.25) is 0 Å². The molecule has 0 bridgehead atoms. The Morgan fingerprint density at radius 3 is 2.24 bits per heavy atom. The number of methoxy groups -OCH3 is 2. The van der Waals surface area contributed by atoms with Crippen LogP contribution in [0.4, 0.5) is 0 Å². The summed E-state index contributed by atoms with van der Waals surface area (Å²) in [7, 11) is 3.00. The second kappa shape index (κ2) is 6.81. The molecule has 1 aromatic carbocycles. The van der Waals surface area contributed by atoms with Crippen molar-refractivity contribution in [3.8, 4) is 17.2 Å². The fourth-order valence-corrected chi connectivity index (χ4v) is 1.38. The van der Waals surface area contributed by atoms with Gasteiger partial charge in [-0.2, -0.15) is 0 Å². The van der Waals surface area contributed by atoms with Gasteiger partial charge in [-0.05, 0) is 24.6 Å². The van der Waals surface area contributed by atoms with E-state index in [1.807, 2.05) is 19.1 Å². The monoisotopic (exact) mass is 238 g/mol. The Hall–Kier alpha value is -1.68. The lowest BCUT2D eigenvalue weighted by Crippen LogP contribution is -1.91. The molecule has 0 aromatic heterocycles. The molecule has 17 heavy (non-hydrogen) atoms. The van der Waals surface area contributed by atoms with Gasteiger partial charge in [-0.15, -0.1) is 0 Å². The molecule has 0 atom stereocenters. The standard InChI is InChI=1S/C13H18O4/c1-4-17-7-5-6-10-8-11(15-2)13(14)12(9-10)16-3/h5-6,8-9,14H,4,7H2,1-3H3/b6-5+. The van der Waals surface area contributed by atoms with Gasteiger partial charge in [0.05, 0.1) is 20.8 Å². The van der Waals surface area contributed by atoms with Gasteiger partial charge in [0.1, 0.15) is 0 Å². The van der Waals surface area contributed by atoms with E-state index in [1.165, 1.54) is 14.2 Å². The van der Waals surface area contributed by atoms with E-state index in [-0.39, 0.29) is 5.75 Å². The summed E-state index contributed by atoms with van der Waals surface area (Å²) in [5.41, 5.74) is 0.885. The van der Waals surface area contributed by atoms with Crippen molar-refractivity contribution < 1.29 is 19.3 Å². The van der Waals surface area contributed by atoms with Gasteiger partial charge in [-0.1, -0.05) is 12.2 Å². The summed E-state index contributed by atoms with van der Waals surface area (Å²) in [6, 6.07) is 3.47. The normalized spacial score (nSPS) is 10.8. The lowest BCUT2D eigenvalue weighted by atomic mass is 10.1. The molecule has 0 radical (unpaired) electrons. The molecule has 4 nitrogen and oxygen atoms in total. The van der Waals surface area contributed by atoms with Gasteiger partial charge < -0.3 is 19.3 Å². The molecule has 0 unspecified atom stereocenters. The first-order valence-electron chi connectivity index (χ1n) is 5.42. The van der Waals surface area contributed by atoms with Crippen molar-refractivity contribution in [1.82, 2.24) is 0 Å². The first-order chi connectivity index (χ1) is 8.22. The van der Waals surface area contributed by atoms with Crippen LogP contribution < -0.4 is 9.47 Å². The molecule has 0 saturated heterocycles. The predicted octanol–water partition coefficient (Wildman–Crippen LogP) is 2.46. The van der Waals surface area contributed by atoms with E-state index in [4.69, 9.17) is 14.2 Å². The highest BCUT2D eigenvalue weighted by atomic mass is 16.5. The second-order valence-electron chi connectivity index (χ2n) is 3.34. The second-order valence-corrected chi connectivity index (χ2v) is 3.34. The van der Waals surface area contributed by atoms with Crippen molar-refractivity contribution in [3.63, 3.8) is 0 Å². The number of rotatable bonds is 6. The maximum absolute atomic E-state index is 9.72. The van der Waals surface area contributed by atoms with E-state index >= 15 is 0 Å². The molecule has 0 heterocycles. The zero-order valence-corrected chi connectivity index (χ0v) is 10.4. The third-order valence-corrected chi connectivity index (χ3v) is 2.23. The summed E-state index contributed by atoms with van der Waals surface area (Å²) < 4.78 is 15.3. The van der Waals surface area contributed by atoms with Crippen molar-refractivity contribution in [2.24, 2.45) is 0 Å². The van der Waals surface area contributed by atoms with Crippen molar-refractivity contribution in [2.45, 2.75) is 6.92 Å². The maximum atomic E-state index is 9.72. The van der Waals surface area contributed by atoms with Gasteiger partial charge in [-0.25, -0.2) is 0 Å². The molecule has 94 valence electrons. The Balaban J connectivity index is 2.89. The largest absolute Gasteiger partial charge is 0.502 e. The Labute approximate surface area is 101 Å². The summed E-state index contributed by atoms with van der Waals surface area (Å²) in [5, 5.41) is 9.72. The number of hydrogen-bond donors (Lipinski definition) is 1. The first kappa shape index (κ1) is 13.4. The summed E-state index contributed by atoms with van der Waals surface area (Å²) in [4.78, 5) is 0. The van der Waals surface area contributed by atoms with Crippen LogP contribution in [0.25, 0.3) is 6.08 Å². The minimum atomic E-state index is 0.0111. The molecular formula is C13H18O4. The molecule has 0 aliphatic carbocycles. The molecule has 0 fully saturated rings. The van der Waals surface area contributed by atoms with Gasteiger partial charge >= 0.3 is 0 Å². The molecule has 1 rings (SSSR count). The van der Waals surface area contributed by atoms with Crippen LogP contribution in [0.15, 0.2) is 18.2 Å². The van der Waals surface area contributed by atoms with E-state index in [9.17, 15) is 5.11 Å². The average molecular weight is 238 g/mol. The SMILES string of the molecule is CCOC/C=C/c1cc(OC)c(O)c(OC)c1. The highest BCUT2D eigenvalue weighted by Crippen LogP contribution is 2.37. The number of ether oxygens (including phenoxy) is 3. The molecule has 0 saturated carbocycles. The smallest absolute Gasteiger partial charge is 0.200 e. The Morgan fingerprint density at radius 1 is 1.18 bits per heavy atom. The minimum absolute atomic E-state index is 0.0111. The molecular weight excluding hydrogens is 220 g/mol. The molecule has 1 aromatic rings. The lowest BCUT2D eigenvalue weighted by molar-refractivity contribution is 0.178. The number of benzene rings is 1. The van der Waals surface area contributed by atoms with E-state index < -0.39 is 0 Å². The minimum Gasteiger partial charge on any atom is -0.502 e. The molecule has 1 N–H and O–H groups in total. The third-order valence-electron chi connectivity index (χ3n) is 2.23. The topological polar surface area (TPSA) is 47.9 Å². The average Bonchev–Trinajstić information content (AvgIpc) is 2.36. The van der Waals surface area contributed by atoms with E-state index in [2.05, 4.69) is 0 Å². The van der Waals surface area contributed by atoms with Gasteiger partial charge in [0.15, 0.2) is 11.5 Å². The van der Waals surface area contributed by atoms with Gasteiger partial charge in [-0.3, -0.25) is 0 Å². The Bertz CT molecular complexity index is 360. The molecule has 4 heteroatoms. The molecule has 0 spiro atoms. The molecule has 0 aliphatic heterocycles. The van der Waals surface area contributed by atoms with Crippen LogP contribution in [0.1, 0.15) is 12.5 Å². The van der Waals surface area contributed by atoms with Crippen LogP contribution in [0.3, 0.4) is 0 Å².